The first-order valence-corrected chi connectivity index (χ1v) is 6.97. The van der Waals surface area contributed by atoms with Crippen molar-refractivity contribution in [1.29, 1.82) is 0 Å². The van der Waals surface area contributed by atoms with E-state index in [4.69, 9.17) is 0 Å². The second-order valence-corrected chi connectivity index (χ2v) is 5.74. The quantitative estimate of drug-likeness (QED) is 0.756. The molecule has 0 radical (unpaired) electrons. The highest BCUT2D eigenvalue weighted by Gasteiger charge is 2.16. The number of carbonyl (C=O) groups is 1. The molecule has 1 saturated heterocycles. The molecule has 0 bridgehead atoms. The number of benzene rings is 1. The zero-order chi connectivity index (χ0) is 13.1. The van der Waals surface area contributed by atoms with Crippen LogP contribution < -0.4 is 4.90 Å². The van der Waals surface area contributed by atoms with Crippen molar-refractivity contribution in [2.75, 3.05) is 18.0 Å². The molecular weight excluding hydrogens is 222 g/mol. The lowest BCUT2D eigenvalue weighted by Gasteiger charge is -2.32. The maximum Gasteiger partial charge on any atom is 0.165 e. The minimum Gasteiger partial charge on any atom is -0.372 e. The number of rotatable bonds is 3. The minimum atomic E-state index is 0.0756. The monoisotopic (exact) mass is 245 g/mol. The summed E-state index contributed by atoms with van der Waals surface area (Å²) < 4.78 is 0. The highest BCUT2D eigenvalue weighted by molar-refractivity contribution is 5.97. The molecule has 1 aromatic rings. The van der Waals surface area contributed by atoms with Crippen LogP contribution in [0.3, 0.4) is 0 Å². The van der Waals surface area contributed by atoms with Crippen molar-refractivity contribution in [2.45, 2.75) is 33.6 Å². The van der Waals surface area contributed by atoms with Crippen LogP contribution in [-0.2, 0) is 0 Å². The van der Waals surface area contributed by atoms with Gasteiger partial charge in [0.05, 0.1) is 0 Å². The van der Waals surface area contributed by atoms with Crippen LogP contribution in [-0.4, -0.2) is 18.9 Å². The molecule has 0 amide bonds. The molecule has 2 nitrogen and oxygen atoms in total. The summed E-state index contributed by atoms with van der Waals surface area (Å²) in [4.78, 5) is 14.3. The number of hydrogen-bond acceptors (Lipinski definition) is 2. The molecular formula is C16H23NO. The van der Waals surface area contributed by atoms with Gasteiger partial charge in [-0.2, -0.15) is 0 Å². The van der Waals surface area contributed by atoms with Crippen molar-refractivity contribution in [3.8, 4) is 0 Å². The SMILES string of the molecule is CC1CCN(c2ccc(C(=O)C(C)C)cc2)CC1. The molecule has 1 heterocycles. The van der Waals surface area contributed by atoms with Gasteiger partial charge < -0.3 is 4.90 Å². The van der Waals surface area contributed by atoms with Crippen molar-refractivity contribution in [3.05, 3.63) is 29.8 Å². The molecule has 1 aromatic carbocycles. The maximum absolute atomic E-state index is 11.9. The number of ketones is 1. The lowest BCUT2D eigenvalue weighted by molar-refractivity contribution is 0.0939. The second kappa shape index (κ2) is 5.55. The van der Waals surface area contributed by atoms with Crippen LogP contribution in [0.25, 0.3) is 0 Å². The van der Waals surface area contributed by atoms with Crippen LogP contribution >= 0.6 is 0 Å². The van der Waals surface area contributed by atoms with Gasteiger partial charge in [0.15, 0.2) is 5.78 Å². The minimum absolute atomic E-state index is 0.0756. The first-order chi connectivity index (χ1) is 8.58. The van der Waals surface area contributed by atoms with E-state index in [0.717, 1.165) is 24.6 Å². The summed E-state index contributed by atoms with van der Waals surface area (Å²) in [5, 5.41) is 0. The van der Waals surface area contributed by atoms with Gasteiger partial charge in [0.25, 0.3) is 0 Å². The lowest BCUT2D eigenvalue weighted by atomic mass is 9.98. The van der Waals surface area contributed by atoms with Crippen molar-refractivity contribution < 1.29 is 4.79 Å². The number of piperidine rings is 1. The summed E-state index contributed by atoms with van der Waals surface area (Å²) in [7, 11) is 0. The predicted molar refractivity (Wildman–Crippen MR) is 76.2 cm³/mol. The van der Waals surface area contributed by atoms with Gasteiger partial charge in [-0.3, -0.25) is 4.79 Å². The molecule has 18 heavy (non-hydrogen) atoms. The Hall–Kier alpha value is -1.31. The van der Waals surface area contributed by atoms with Gasteiger partial charge in [-0.25, -0.2) is 0 Å². The Bertz CT molecular complexity index is 400. The van der Waals surface area contributed by atoms with Crippen LogP contribution in [0.4, 0.5) is 5.69 Å². The molecule has 0 aromatic heterocycles. The van der Waals surface area contributed by atoms with Crippen molar-refractivity contribution in [3.63, 3.8) is 0 Å². The Morgan fingerprint density at radius 3 is 2.22 bits per heavy atom. The van der Waals surface area contributed by atoms with Crippen LogP contribution in [0.15, 0.2) is 24.3 Å². The van der Waals surface area contributed by atoms with Crippen molar-refractivity contribution in [1.82, 2.24) is 0 Å². The van der Waals surface area contributed by atoms with Crippen LogP contribution in [0.1, 0.15) is 44.0 Å². The fourth-order valence-corrected chi connectivity index (χ4v) is 2.44. The average molecular weight is 245 g/mol. The Balaban J connectivity index is 2.06. The van der Waals surface area contributed by atoms with Crippen LogP contribution in [0.5, 0.6) is 0 Å². The van der Waals surface area contributed by atoms with E-state index in [1.165, 1.54) is 18.5 Å². The zero-order valence-corrected chi connectivity index (χ0v) is 11.6. The van der Waals surface area contributed by atoms with E-state index in [1.807, 2.05) is 26.0 Å². The Labute approximate surface area is 110 Å². The molecule has 1 fully saturated rings. The normalized spacial score (nSPS) is 17.2. The van der Waals surface area contributed by atoms with Gasteiger partial charge in [0, 0.05) is 30.3 Å². The summed E-state index contributed by atoms with van der Waals surface area (Å²) in [6.07, 6.45) is 2.54. The van der Waals surface area contributed by atoms with E-state index < -0.39 is 0 Å². The maximum atomic E-state index is 11.9. The Morgan fingerprint density at radius 2 is 1.72 bits per heavy atom. The molecule has 0 unspecified atom stereocenters. The fourth-order valence-electron chi connectivity index (χ4n) is 2.44. The molecule has 0 aliphatic carbocycles. The first kappa shape index (κ1) is 13.1. The zero-order valence-electron chi connectivity index (χ0n) is 11.6. The Kier molecular flexibility index (Phi) is 4.05. The standard InChI is InChI=1S/C16H23NO/c1-12(2)16(18)14-4-6-15(7-5-14)17-10-8-13(3)9-11-17/h4-7,12-13H,8-11H2,1-3H3. The van der Waals surface area contributed by atoms with Gasteiger partial charge in [-0.1, -0.05) is 20.8 Å². The van der Waals surface area contributed by atoms with Gasteiger partial charge in [0.1, 0.15) is 0 Å². The number of carbonyl (C=O) groups excluding carboxylic acids is 1. The van der Waals surface area contributed by atoms with E-state index in [9.17, 15) is 4.79 Å². The summed E-state index contributed by atoms with van der Waals surface area (Å²) in [5.74, 6) is 1.16. The van der Waals surface area contributed by atoms with Crippen molar-refractivity contribution in [2.24, 2.45) is 11.8 Å². The molecule has 2 heteroatoms. The second-order valence-electron chi connectivity index (χ2n) is 5.74. The predicted octanol–water partition coefficient (Wildman–Crippen LogP) is 3.76. The van der Waals surface area contributed by atoms with Crippen LogP contribution in [0.2, 0.25) is 0 Å². The third kappa shape index (κ3) is 2.92. The molecule has 0 spiro atoms. The van der Waals surface area contributed by atoms with Gasteiger partial charge in [-0.05, 0) is 43.0 Å². The summed E-state index contributed by atoms with van der Waals surface area (Å²) in [6, 6.07) is 8.11. The van der Waals surface area contributed by atoms with E-state index in [1.54, 1.807) is 0 Å². The van der Waals surface area contributed by atoms with Gasteiger partial charge >= 0.3 is 0 Å². The first-order valence-electron chi connectivity index (χ1n) is 6.97. The number of hydrogen-bond donors (Lipinski definition) is 0. The smallest absolute Gasteiger partial charge is 0.165 e. The molecule has 0 N–H and O–H groups in total. The number of anilines is 1. The van der Waals surface area contributed by atoms with Crippen LogP contribution in [0, 0.1) is 11.8 Å². The Morgan fingerprint density at radius 1 is 1.17 bits per heavy atom. The lowest BCUT2D eigenvalue weighted by Crippen LogP contribution is -2.32. The van der Waals surface area contributed by atoms with E-state index in [0.29, 0.717) is 0 Å². The molecule has 1 aliphatic rings. The third-order valence-corrected chi connectivity index (χ3v) is 3.82. The summed E-state index contributed by atoms with van der Waals surface area (Å²) >= 11 is 0. The average Bonchev–Trinajstić information content (AvgIpc) is 2.39. The molecule has 1 aliphatic heterocycles. The van der Waals surface area contributed by atoms with E-state index in [-0.39, 0.29) is 11.7 Å². The fraction of sp³-hybridized carbons (Fsp3) is 0.562. The topological polar surface area (TPSA) is 20.3 Å². The van der Waals surface area contributed by atoms with E-state index >= 15 is 0 Å². The van der Waals surface area contributed by atoms with Crippen molar-refractivity contribution >= 4 is 11.5 Å². The molecule has 0 saturated carbocycles. The van der Waals surface area contributed by atoms with Gasteiger partial charge in [-0.15, -0.1) is 0 Å². The largest absolute Gasteiger partial charge is 0.372 e. The molecule has 0 atom stereocenters. The highest BCUT2D eigenvalue weighted by atomic mass is 16.1. The third-order valence-electron chi connectivity index (χ3n) is 3.82. The summed E-state index contributed by atoms with van der Waals surface area (Å²) in [5.41, 5.74) is 2.08. The number of Topliss-reactive ketones (excluding diaryl/α,β-unsaturated/α-hetero) is 1. The molecule has 2 rings (SSSR count). The summed E-state index contributed by atoms with van der Waals surface area (Å²) in [6.45, 7) is 8.49. The molecule has 98 valence electrons. The number of nitrogens with zero attached hydrogens (tertiary/aromatic N) is 1. The van der Waals surface area contributed by atoms with Gasteiger partial charge in [0.2, 0.25) is 0 Å². The highest BCUT2D eigenvalue weighted by Crippen LogP contribution is 2.23. The van der Waals surface area contributed by atoms with E-state index in [2.05, 4.69) is 24.0 Å².